The highest BCUT2D eigenvalue weighted by Crippen LogP contribution is 2.35. The van der Waals surface area contributed by atoms with Crippen LogP contribution in [0.4, 0.5) is 22.0 Å². The molecule has 4 rings (SSSR count). The number of aliphatic carboxylic acids is 1. The number of benzene rings is 2. The number of hydrogen-bond acceptors (Lipinski definition) is 5. The van der Waals surface area contributed by atoms with Crippen LogP contribution < -0.4 is 5.56 Å². The number of halogens is 5. The second kappa shape index (κ2) is 15.8. The third-order valence-electron chi connectivity index (χ3n) is 8.98. The molecule has 0 aliphatic carbocycles. The lowest BCUT2D eigenvalue weighted by atomic mass is 9.88. The third kappa shape index (κ3) is 9.11. The van der Waals surface area contributed by atoms with Crippen LogP contribution in [0.15, 0.2) is 46.3 Å². The van der Waals surface area contributed by atoms with Crippen LogP contribution in [0.25, 0.3) is 11.1 Å². The molecule has 1 fully saturated rings. The van der Waals surface area contributed by atoms with E-state index in [1.807, 2.05) is 4.90 Å². The van der Waals surface area contributed by atoms with E-state index in [-0.39, 0.29) is 48.1 Å². The first-order chi connectivity index (χ1) is 23.4. The molecular weight excluding hydrogens is 661 g/mol. The zero-order chi connectivity index (χ0) is 37.1. The SMILES string of the molecule is COC1CN(CCc2cn(C(CC(C)C)C(=O)/N=C/C(CC(=O)O)c3cc(-c4c(C)cc(F)cc4C)cc(C)c3F)c(=O)cc2C(F)(F)F)C1. The number of rotatable bonds is 13. The largest absolute Gasteiger partial charge is 0.481 e. The number of likely N-dealkylation sites (tertiary alicyclic amines) is 1. The number of pyridine rings is 1. The Morgan fingerprint density at radius 3 is 2.24 bits per heavy atom. The monoisotopic (exact) mass is 703 g/mol. The summed E-state index contributed by atoms with van der Waals surface area (Å²) in [6.07, 6.45) is -3.37. The van der Waals surface area contributed by atoms with Crippen molar-refractivity contribution in [2.45, 2.75) is 78.1 Å². The molecule has 270 valence electrons. The standard InChI is InChI=1S/C37H42F5N3O5/c1-20(2)9-31(45-17-24(7-8-44-18-28(19-44)50-6)30(15-32(45)46)37(40,41)42)36(49)43-16-26(14-33(47)48)29-13-25(10-23(5)35(29)39)34-21(3)11-27(38)12-22(34)4/h10-13,15-17,20,26,28,31H,7-9,14,18-19H2,1-6H3,(H,47,48)/b43-16+. The van der Waals surface area contributed by atoms with E-state index in [4.69, 9.17) is 4.74 Å². The molecule has 0 bridgehead atoms. The minimum atomic E-state index is -4.81. The van der Waals surface area contributed by atoms with Crippen LogP contribution in [0, 0.1) is 38.3 Å². The van der Waals surface area contributed by atoms with Gasteiger partial charge in [-0.25, -0.2) is 13.8 Å². The van der Waals surface area contributed by atoms with Crippen molar-refractivity contribution < 1.29 is 41.4 Å². The third-order valence-corrected chi connectivity index (χ3v) is 8.98. The van der Waals surface area contributed by atoms with Crippen molar-refractivity contribution in [3.8, 4) is 11.1 Å². The predicted octanol–water partition coefficient (Wildman–Crippen LogP) is 7.05. The number of carboxylic acid groups (broad SMARTS) is 1. The normalized spacial score (nSPS) is 15.4. The fourth-order valence-electron chi connectivity index (χ4n) is 6.47. The molecule has 3 aromatic rings. The number of alkyl halides is 3. The molecule has 0 saturated carbocycles. The van der Waals surface area contributed by atoms with Crippen LogP contribution in [0.1, 0.15) is 72.0 Å². The number of amides is 1. The second-order valence-electron chi connectivity index (χ2n) is 13.4. The maximum absolute atomic E-state index is 15.7. The summed E-state index contributed by atoms with van der Waals surface area (Å²) < 4.78 is 78.0. The van der Waals surface area contributed by atoms with E-state index >= 15 is 4.39 Å². The van der Waals surface area contributed by atoms with Crippen molar-refractivity contribution in [2.75, 3.05) is 26.7 Å². The number of methoxy groups -OCH3 is 1. The van der Waals surface area contributed by atoms with Gasteiger partial charge >= 0.3 is 12.1 Å². The van der Waals surface area contributed by atoms with Gasteiger partial charge in [-0.1, -0.05) is 13.8 Å². The van der Waals surface area contributed by atoms with E-state index < -0.39 is 59.2 Å². The summed E-state index contributed by atoms with van der Waals surface area (Å²) in [6, 6.07) is 4.86. The molecule has 1 amide bonds. The Balaban J connectivity index is 1.74. The Bertz CT molecular complexity index is 1810. The summed E-state index contributed by atoms with van der Waals surface area (Å²) in [5.74, 6) is -4.78. The van der Waals surface area contributed by atoms with E-state index in [9.17, 15) is 37.1 Å². The van der Waals surface area contributed by atoms with Crippen LogP contribution in [0.2, 0.25) is 0 Å². The zero-order valence-corrected chi connectivity index (χ0v) is 28.9. The first kappa shape index (κ1) is 38.6. The maximum Gasteiger partial charge on any atom is 0.416 e. The number of carbonyl (C=O) groups excluding carboxylic acids is 1. The van der Waals surface area contributed by atoms with Crippen molar-refractivity contribution in [1.82, 2.24) is 9.47 Å². The summed E-state index contributed by atoms with van der Waals surface area (Å²) in [7, 11) is 1.56. The van der Waals surface area contributed by atoms with Crippen molar-refractivity contribution in [3.05, 3.63) is 91.9 Å². The quantitative estimate of drug-likeness (QED) is 0.151. The Morgan fingerprint density at radius 2 is 1.68 bits per heavy atom. The molecule has 1 N–H and O–H groups in total. The number of ether oxygens (including phenoxy) is 1. The number of aliphatic imine (C=N–C) groups is 1. The van der Waals surface area contributed by atoms with Crippen LogP contribution in [-0.4, -0.2) is 65.5 Å². The molecular formula is C37H42F5N3O5. The lowest BCUT2D eigenvalue weighted by Gasteiger charge is -2.38. The number of carboxylic acids is 1. The number of aromatic nitrogens is 1. The molecule has 2 aromatic carbocycles. The molecule has 50 heavy (non-hydrogen) atoms. The average molecular weight is 704 g/mol. The lowest BCUT2D eigenvalue weighted by molar-refractivity contribution is -0.139. The molecule has 2 atom stereocenters. The Hall–Kier alpha value is -4.23. The summed E-state index contributed by atoms with van der Waals surface area (Å²) >= 11 is 0. The second-order valence-corrected chi connectivity index (χ2v) is 13.4. The van der Waals surface area contributed by atoms with Crippen LogP contribution >= 0.6 is 0 Å². The number of aryl methyl sites for hydroxylation is 3. The highest BCUT2D eigenvalue weighted by Gasteiger charge is 2.36. The van der Waals surface area contributed by atoms with Gasteiger partial charge in [-0.3, -0.25) is 19.3 Å². The molecule has 0 spiro atoms. The van der Waals surface area contributed by atoms with Gasteiger partial charge in [0, 0.05) is 51.1 Å². The zero-order valence-electron chi connectivity index (χ0n) is 28.9. The minimum Gasteiger partial charge on any atom is -0.481 e. The molecule has 1 aliphatic heterocycles. The van der Waals surface area contributed by atoms with E-state index in [1.165, 1.54) is 25.1 Å². The summed E-state index contributed by atoms with van der Waals surface area (Å²) in [6.45, 7) is 9.84. The minimum absolute atomic E-state index is 0.00194. The summed E-state index contributed by atoms with van der Waals surface area (Å²) in [4.78, 5) is 44.8. The molecule has 8 nitrogen and oxygen atoms in total. The fraction of sp³-hybridized carbons (Fsp3) is 0.459. The van der Waals surface area contributed by atoms with E-state index in [0.29, 0.717) is 41.4 Å². The van der Waals surface area contributed by atoms with Gasteiger partial charge in [0.2, 0.25) is 0 Å². The first-order valence-corrected chi connectivity index (χ1v) is 16.3. The molecule has 2 unspecified atom stereocenters. The Kier molecular flexibility index (Phi) is 12.2. The average Bonchev–Trinajstić information content (AvgIpc) is 2.98. The molecule has 1 aliphatic rings. The van der Waals surface area contributed by atoms with E-state index in [2.05, 4.69) is 4.99 Å². The van der Waals surface area contributed by atoms with Gasteiger partial charge in [-0.05, 0) is 103 Å². The maximum atomic E-state index is 15.7. The highest BCUT2D eigenvalue weighted by atomic mass is 19.4. The van der Waals surface area contributed by atoms with Gasteiger partial charge in [0.05, 0.1) is 18.1 Å². The van der Waals surface area contributed by atoms with Gasteiger partial charge in [-0.15, -0.1) is 0 Å². The van der Waals surface area contributed by atoms with Crippen LogP contribution in [0.3, 0.4) is 0 Å². The van der Waals surface area contributed by atoms with Crippen molar-refractivity contribution in [1.29, 1.82) is 0 Å². The fourth-order valence-corrected chi connectivity index (χ4v) is 6.47. The lowest BCUT2D eigenvalue weighted by Crippen LogP contribution is -2.52. The molecule has 13 heteroatoms. The van der Waals surface area contributed by atoms with Crippen molar-refractivity contribution in [2.24, 2.45) is 10.9 Å². The van der Waals surface area contributed by atoms with Crippen LogP contribution in [0.5, 0.6) is 0 Å². The highest BCUT2D eigenvalue weighted by molar-refractivity contribution is 5.91. The first-order valence-electron chi connectivity index (χ1n) is 16.3. The molecule has 2 heterocycles. The van der Waals surface area contributed by atoms with Gasteiger partial charge in [0.1, 0.15) is 17.7 Å². The Labute approximate surface area is 287 Å². The van der Waals surface area contributed by atoms with Crippen molar-refractivity contribution >= 4 is 18.1 Å². The van der Waals surface area contributed by atoms with Crippen LogP contribution in [-0.2, 0) is 26.9 Å². The number of carbonyl (C=O) groups is 2. The van der Waals surface area contributed by atoms with E-state index in [1.54, 1.807) is 40.9 Å². The van der Waals surface area contributed by atoms with Gasteiger partial charge in [0.25, 0.3) is 11.5 Å². The van der Waals surface area contributed by atoms with Gasteiger partial charge in [-0.2, -0.15) is 13.2 Å². The predicted molar refractivity (Wildman–Crippen MR) is 180 cm³/mol. The molecule has 0 radical (unpaired) electrons. The molecule has 1 aromatic heterocycles. The number of nitrogens with zero attached hydrogens (tertiary/aromatic N) is 3. The van der Waals surface area contributed by atoms with Crippen molar-refractivity contribution in [3.63, 3.8) is 0 Å². The Morgan fingerprint density at radius 1 is 1.04 bits per heavy atom. The smallest absolute Gasteiger partial charge is 0.416 e. The number of hydrogen-bond donors (Lipinski definition) is 1. The van der Waals surface area contributed by atoms with E-state index in [0.717, 1.165) is 17.0 Å². The summed E-state index contributed by atoms with van der Waals surface area (Å²) in [5.41, 5.74) is 0.168. The topological polar surface area (TPSA) is 101 Å². The van der Waals surface area contributed by atoms with Gasteiger partial charge in [0.15, 0.2) is 0 Å². The van der Waals surface area contributed by atoms with Gasteiger partial charge < -0.3 is 14.4 Å². The molecule has 1 saturated heterocycles. The summed E-state index contributed by atoms with van der Waals surface area (Å²) in [5, 5.41) is 9.72.